The first-order valence-electron chi connectivity index (χ1n) is 7.87. The molecule has 0 bridgehead atoms. The van der Waals surface area contributed by atoms with Gasteiger partial charge in [-0.1, -0.05) is 23.4 Å². The first-order valence-corrected chi connectivity index (χ1v) is 7.87. The van der Waals surface area contributed by atoms with Gasteiger partial charge >= 0.3 is 5.97 Å². The fraction of sp³-hybridized carbons (Fsp3) is 0.471. The first kappa shape index (κ1) is 17.0. The van der Waals surface area contributed by atoms with Gasteiger partial charge in [0.2, 0.25) is 0 Å². The average Bonchev–Trinajstić information content (AvgIpc) is 2.87. The number of rotatable bonds is 9. The molecule has 6 nitrogen and oxygen atoms in total. The number of aliphatic carboxylic acids is 1. The van der Waals surface area contributed by atoms with Gasteiger partial charge in [0.15, 0.2) is 0 Å². The standard InChI is InChI=1S/C17H23N3O3/c1-13-7-3-4-8-16(13)23-12-6-5-11-20-14(2)15(18-19-20)9-10-17(21)22/h3-4,7-8H,5-6,9-12H2,1-2H3,(H,21,22). The van der Waals surface area contributed by atoms with Crippen molar-refractivity contribution < 1.29 is 14.6 Å². The molecule has 0 amide bonds. The summed E-state index contributed by atoms with van der Waals surface area (Å²) < 4.78 is 7.60. The zero-order valence-corrected chi connectivity index (χ0v) is 13.7. The van der Waals surface area contributed by atoms with Crippen LogP contribution in [0.5, 0.6) is 5.75 Å². The maximum absolute atomic E-state index is 10.6. The second-order valence-electron chi connectivity index (χ2n) is 5.56. The molecule has 1 heterocycles. The Kier molecular flexibility index (Phi) is 6.14. The fourth-order valence-electron chi connectivity index (χ4n) is 2.33. The van der Waals surface area contributed by atoms with E-state index in [0.717, 1.165) is 42.1 Å². The molecule has 0 fully saturated rings. The molecule has 2 aromatic rings. The third kappa shape index (κ3) is 5.09. The topological polar surface area (TPSA) is 77.2 Å². The summed E-state index contributed by atoms with van der Waals surface area (Å²) in [7, 11) is 0. The van der Waals surface area contributed by atoms with Crippen LogP contribution in [0.25, 0.3) is 0 Å². The lowest BCUT2D eigenvalue weighted by atomic mass is 10.2. The van der Waals surface area contributed by atoms with Gasteiger partial charge in [0, 0.05) is 13.0 Å². The minimum atomic E-state index is -0.813. The smallest absolute Gasteiger partial charge is 0.303 e. The van der Waals surface area contributed by atoms with Gasteiger partial charge in [-0.15, -0.1) is 5.10 Å². The number of carboxylic acids is 1. The Balaban J connectivity index is 1.72. The molecule has 0 unspecified atom stereocenters. The summed E-state index contributed by atoms with van der Waals surface area (Å²) in [6.07, 6.45) is 2.38. The van der Waals surface area contributed by atoms with Crippen LogP contribution < -0.4 is 4.74 Å². The van der Waals surface area contributed by atoms with Crippen molar-refractivity contribution in [2.24, 2.45) is 0 Å². The van der Waals surface area contributed by atoms with E-state index in [4.69, 9.17) is 9.84 Å². The van der Waals surface area contributed by atoms with Crippen molar-refractivity contribution in [3.8, 4) is 5.75 Å². The second kappa shape index (κ2) is 8.31. The van der Waals surface area contributed by atoms with Crippen LogP contribution in [-0.2, 0) is 17.8 Å². The maximum Gasteiger partial charge on any atom is 0.303 e. The molecule has 0 aliphatic rings. The van der Waals surface area contributed by atoms with E-state index >= 15 is 0 Å². The van der Waals surface area contributed by atoms with E-state index in [1.165, 1.54) is 0 Å². The third-order valence-electron chi connectivity index (χ3n) is 3.77. The number of aromatic nitrogens is 3. The number of ether oxygens (including phenoxy) is 1. The molecule has 0 radical (unpaired) electrons. The number of carbonyl (C=O) groups is 1. The number of para-hydroxylation sites is 1. The van der Waals surface area contributed by atoms with Crippen LogP contribution in [0.4, 0.5) is 0 Å². The van der Waals surface area contributed by atoms with Gasteiger partial charge in [0.25, 0.3) is 0 Å². The highest BCUT2D eigenvalue weighted by Crippen LogP contribution is 2.16. The first-order chi connectivity index (χ1) is 11.1. The lowest BCUT2D eigenvalue weighted by Gasteiger charge is -2.09. The predicted octanol–water partition coefficient (Wildman–Crippen LogP) is 2.77. The minimum Gasteiger partial charge on any atom is -0.493 e. The number of carboxylic acid groups (broad SMARTS) is 1. The van der Waals surface area contributed by atoms with Crippen LogP contribution in [0, 0.1) is 13.8 Å². The zero-order valence-electron chi connectivity index (χ0n) is 13.7. The molecule has 1 aromatic carbocycles. The largest absolute Gasteiger partial charge is 0.493 e. The van der Waals surface area contributed by atoms with E-state index < -0.39 is 5.97 Å². The summed E-state index contributed by atoms with van der Waals surface area (Å²) in [5, 5.41) is 16.9. The molecule has 0 aliphatic heterocycles. The van der Waals surface area contributed by atoms with Crippen molar-refractivity contribution in [2.75, 3.05) is 6.61 Å². The van der Waals surface area contributed by atoms with Gasteiger partial charge in [-0.3, -0.25) is 4.79 Å². The van der Waals surface area contributed by atoms with Crippen molar-refractivity contribution in [3.63, 3.8) is 0 Å². The molecule has 0 saturated carbocycles. The molecule has 0 spiro atoms. The number of nitrogens with zero attached hydrogens (tertiary/aromatic N) is 3. The highest BCUT2D eigenvalue weighted by atomic mass is 16.5. The summed E-state index contributed by atoms with van der Waals surface area (Å²) in [6.45, 7) is 5.40. The number of unbranched alkanes of at least 4 members (excludes halogenated alkanes) is 1. The van der Waals surface area contributed by atoms with Gasteiger partial charge in [-0.25, -0.2) is 4.68 Å². The Morgan fingerprint density at radius 3 is 2.78 bits per heavy atom. The number of hydrogen-bond donors (Lipinski definition) is 1. The van der Waals surface area contributed by atoms with Gasteiger partial charge in [0.05, 0.1) is 24.4 Å². The van der Waals surface area contributed by atoms with Crippen LogP contribution in [0.1, 0.15) is 36.2 Å². The fourth-order valence-corrected chi connectivity index (χ4v) is 2.33. The molecular formula is C17H23N3O3. The van der Waals surface area contributed by atoms with E-state index in [1.807, 2.05) is 42.8 Å². The van der Waals surface area contributed by atoms with E-state index in [0.29, 0.717) is 13.0 Å². The third-order valence-corrected chi connectivity index (χ3v) is 3.77. The van der Waals surface area contributed by atoms with Crippen LogP contribution >= 0.6 is 0 Å². The summed E-state index contributed by atoms with van der Waals surface area (Å²) in [5.74, 6) is 0.118. The van der Waals surface area contributed by atoms with E-state index in [1.54, 1.807) is 0 Å². The maximum atomic E-state index is 10.6. The Bertz CT molecular complexity index is 652. The van der Waals surface area contributed by atoms with Crippen molar-refractivity contribution >= 4 is 5.97 Å². The summed E-state index contributed by atoms with van der Waals surface area (Å²) in [4.78, 5) is 10.6. The lowest BCUT2D eigenvalue weighted by Crippen LogP contribution is -2.06. The molecule has 1 aromatic heterocycles. The zero-order chi connectivity index (χ0) is 16.7. The van der Waals surface area contributed by atoms with Crippen molar-refractivity contribution in [1.29, 1.82) is 0 Å². The summed E-state index contributed by atoms with van der Waals surface area (Å²) in [6, 6.07) is 7.98. The molecule has 2 rings (SSSR count). The Morgan fingerprint density at radius 1 is 1.26 bits per heavy atom. The predicted molar refractivity (Wildman–Crippen MR) is 86.6 cm³/mol. The highest BCUT2D eigenvalue weighted by Gasteiger charge is 2.09. The molecule has 0 atom stereocenters. The number of benzene rings is 1. The van der Waals surface area contributed by atoms with Crippen LogP contribution in [-0.4, -0.2) is 32.7 Å². The lowest BCUT2D eigenvalue weighted by molar-refractivity contribution is -0.136. The van der Waals surface area contributed by atoms with Gasteiger partial charge in [-0.2, -0.15) is 0 Å². The van der Waals surface area contributed by atoms with Crippen molar-refractivity contribution in [3.05, 3.63) is 41.2 Å². The van der Waals surface area contributed by atoms with Gasteiger partial charge in [0.1, 0.15) is 5.75 Å². The van der Waals surface area contributed by atoms with Gasteiger partial charge in [-0.05, 0) is 38.3 Å². The summed E-state index contributed by atoms with van der Waals surface area (Å²) >= 11 is 0. The SMILES string of the molecule is Cc1ccccc1OCCCCn1nnc(CCC(=O)O)c1C. The molecule has 6 heteroatoms. The quantitative estimate of drug-likeness (QED) is 0.720. The Labute approximate surface area is 136 Å². The van der Waals surface area contributed by atoms with Crippen LogP contribution in [0.3, 0.4) is 0 Å². The Morgan fingerprint density at radius 2 is 2.04 bits per heavy atom. The monoisotopic (exact) mass is 317 g/mol. The second-order valence-corrected chi connectivity index (χ2v) is 5.56. The van der Waals surface area contributed by atoms with Crippen molar-refractivity contribution in [2.45, 2.75) is 46.1 Å². The minimum absolute atomic E-state index is 0.0871. The van der Waals surface area contributed by atoms with E-state index in [2.05, 4.69) is 10.3 Å². The molecule has 0 aliphatic carbocycles. The molecule has 23 heavy (non-hydrogen) atoms. The highest BCUT2D eigenvalue weighted by molar-refractivity contribution is 5.67. The van der Waals surface area contributed by atoms with Gasteiger partial charge < -0.3 is 9.84 Å². The normalized spacial score (nSPS) is 10.7. The molecule has 1 N–H and O–H groups in total. The van der Waals surface area contributed by atoms with E-state index in [9.17, 15) is 4.79 Å². The average molecular weight is 317 g/mol. The Hall–Kier alpha value is -2.37. The van der Waals surface area contributed by atoms with Crippen molar-refractivity contribution in [1.82, 2.24) is 15.0 Å². The van der Waals surface area contributed by atoms with Crippen LogP contribution in [0.15, 0.2) is 24.3 Å². The van der Waals surface area contributed by atoms with Crippen LogP contribution in [0.2, 0.25) is 0 Å². The number of hydrogen-bond acceptors (Lipinski definition) is 4. The molecule has 0 saturated heterocycles. The summed E-state index contributed by atoms with van der Waals surface area (Å²) in [5.41, 5.74) is 2.86. The van der Waals surface area contributed by atoms with E-state index in [-0.39, 0.29) is 6.42 Å². The molecular weight excluding hydrogens is 294 g/mol. The molecule has 124 valence electrons. The number of aryl methyl sites for hydroxylation is 3.